The summed E-state index contributed by atoms with van der Waals surface area (Å²) in [7, 11) is 0. The number of aromatic nitrogens is 4. The lowest BCUT2D eigenvalue weighted by atomic mass is 9.92. The molecule has 2 fully saturated rings. The summed E-state index contributed by atoms with van der Waals surface area (Å²) in [5.41, 5.74) is 6.94. The third-order valence-electron chi connectivity index (χ3n) is 6.95. The zero-order chi connectivity index (χ0) is 21.6. The number of imidazole rings is 1. The third kappa shape index (κ3) is 6.16. The summed E-state index contributed by atoms with van der Waals surface area (Å²) < 4.78 is 7.32. The van der Waals surface area contributed by atoms with Gasteiger partial charge in [0, 0.05) is 19.6 Å². The van der Waals surface area contributed by atoms with Crippen LogP contribution in [0.1, 0.15) is 71.1 Å². The van der Waals surface area contributed by atoms with Crippen molar-refractivity contribution in [3.05, 3.63) is 10.5 Å². The molecule has 0 amide bonds. The van der Waals surface area contributed by atoms with Crippen LogP contribution in [0.3, 0.4) is 0 Å². The highest BCUT2D eigenvalue weighted by atomic mass is 35.5. The van der Waals surface area contributed by atoms with Crippen molar-refractivity contribution in [3.63, 3.8) is 0 Å². The molecule has 32 heavy (non-hydrogen) atoms. The summed E-state index contributed by atoms with van der Waals surface area (Å²) in [5, 5.41) is 0. The number of halogens is 1. The van der Waals surface area contributed by atoms with Crippen LogP contribution in [-0.4, -0.2) is 50.7 Å². The van der Waals surface area contributed by atoms with Gasteiger partial charge in [0.1, 0.15) is 5.52 Å². The molecule has 1 aliphatic heterocycles. The monoisotopic (exact) mass is 466 g/mol. The zero-order valence-corrected chi connectivity index (χ0v) is 20.2. The summed E-state index contributed by atoms with van der Waals surface area (Å²) in [5.74, 6) is 1.91. The fraction of sp³-hybridized carbons (Fsp3) is 0.783. The number of nitrogens with one attached hydrogen (secondary N) is 1. The largest absolute Gasteiger partial charge is 0.463 e. The van der Waals surface area contributed by atoms with Gasteiger partial charge < -0.3 is 20.4 Å². The predicted octanol–water partition coefficient (Wildman–Crippen LogP) is 3.98. The molecule has 1 saturated carbocycles. The van der Waals surface area contributed by atoms with E-state index in [-0.39, 0.29) is 29.9 Å². The molecule has 0 spiro atoms. The maximum Gasteiger partial charge on any atom is 0.327 e. The number of nitrogens with two attached hydrogens (primary N) is 1. The molecule has 2 aromatic rings. The maximum atomic E-state index is 12.5. The summed E-state index contributed by atoms with van der Waals surface area (Å²) in [6, 6.07) is 0.251. The standard InChI is InChI=1S/C23H38N6O2.ClH/c1-2-3-14-31-22-26-20(24)19-21(27-22)29(23(30)25-19)13-7-11-18-10-6-12-28(16-18)15-17-8-4-5-9-17;/h17-18H,2-16H2,1H3,(H,25,30)(H2,24,26,27);1H. The van der Waals surface area contributed by atoms with E-state index in [0.29, 0.717) is 24.3 Å². The number of fused-ring (bicyclic) bond motifs is 1. The van der Waals surface area contributed by atoms with Crippen LogP contribution in [0.2, 0.25) is 0 Å². The number of nitrogen functional groups attached to an aromatic ring is 1. The number of hydrogen-bond acceptors (Lipinski definition) is 6. The van der Waals surface area contributed by atoms with Crippen LogP contribution in [0, 0.1) is 11.8 Å². The molecule has 3 N–H and O–H groups in total. The van der Waals surface area contributed by atoms with E-state index in [2.05, 4.69) is 26.8 Å². The fourth-order valence-electron chi connectivity index (χ4n) is 5.26. The van der Waals surface area contributed by atoms with Crippen LogP contribution in [0.4, 0.5) is 5.82 Å². The van der Waals surface area contributed by atoms with Gasteiger partial charge in [-0.2, -0.15) is 9.97 Å². The molecule has 8 nitrogen and oxygen atoms in total. The first-order valence-corrected chi connectivity index (χ1v) is 12.2. The van der Waals surface area contributed by atoms with Crippen LogP contribution in [0.5, 0.6) is 6.01 Å². The van der Waals surface area contributed by atoms with Crippen molar-refractivity contribution < 1.29 is 4.74 Å². The highest BCUT2D eigenvalue weighted by Gasteiger charge is 2.24. The molecule has 1 aliphatic carbocycles. The van der Waals surface area contributed by atoms with Gasteiger partial charge in [-0.05, 0) is 63.3 Å². The number of rotatable bonds is 10. The van der Waals surface area contributed by atoms with Crippen molar-refractivity contribution in [2.45, 2.75) is 77.7 Å². The number of hydrogen-bond donors (Lipinski definition) is 2. The summed E-state index contributed by atoms with van der Waals surface area (Å²) in [6.07, 6.45) is 12.3. The molecule has 0 bridgehead atoms. The van der Waals surface area contributed by atoms with Crippen molar-refractivity contribution in [2.24, 2.45) is 11.8 Å². The van der Waals surface area contributed by atoms with Crippen LogP contribution in [0.25, 0.3) is 11.2 Å². The van der Waals surface area contributed by atoms with Crippen molar-refractivity contribution in [3.8, 4) is 6.01 Å². The molecule has 3 heterocycles. The number of aryl methyl sites for hydroxylation is 1. The lowest BCUT2D eigenvalue weighted by Gasteiger charge is -2.34. The second-order valence-corrected chi connectivity index (χ2v) is 9.43. The van der Waals surface area contributed by atoms with Crippen LogP contribution in [-0.2, 0) is 6.54 Å². The highest BCUT2D eigenvalue weighted by molar-refractivity contribution is 5.85. The van der Waals surface area contributed by atoms with E-state index >= 15 is 0 Å². The average Bonchev–Trinajstić information content (AvgIpc) is 3.37. The Morgan fingerprint density at radius 2 is 1.91 bits per heavy atom. The Morgan fingerprint density at radius 3 is 2.69 bits per heavy atom. The lowest BCUT2D eigenvalue weighted by Crippen LogP contribution is -2.38. The van der Waals surface area contributed by atoms with Crippen molar-refractivity contribution in [2.75, 3.05) is 32.0 Å². The molecule has 0 aromatic carbocycles. The van der Waals surface area contributed by atoms with Crippen LogP contribution < -0.4 is 16.2 Å². The SMILES string of the molecule is CCCCOc1nc(N)c2[nH]c(=O)n(CCCC3CCCN(CC4CCCC4)C3)c2n1.Cl. The lowest BCUT2D eigenvalue weighted by molar-refractivity contribution is 0.145. The van der Waals surface area contributed by atoms with Gasteiger partial charge in [0.2, 0.25) is 0 Å². The molecule has 1 saturated heterocycles. The number of aromatic amines is 1. The van der Waals surface area contributed by atoms with E-state index in [4.69, 9.17) is 10.5 Å². The smallest absolute Gasteiger partial charge is 0.327 e. The average molecular weight is 467 g/mol. The van der Waals surface area contributed by atoms with Gasteiger partial charge >= 0.3 is 11.7 Å². The Labute approximate surface area is 196 Å². The number of anilines is 1. The Kier molecular flexibility index (Phi) is 9.22. The second kappa shape index (κ2) is 11.9. The first-order chi connectivity index (χ1) is 15.1. The first kappa shape index (κ1) is 24.8. The number of likely N-dealkylation sites (tertiary alicyclic amines) is 1. The van der Waals surface area contributed by atoms with Crippen LogP contribution in [0.15, 0.2) is 4.79 Å². The molecule has 2 aliphatic rings. The molecule has 4 rings (SSSR count). The zero-order valence-electron chi connectivity index (χ0n) is 19.4. The minimum atomic E-state index is -0.173. The normalized spacial score (nSPS) is 20.0. The van der Waals surface area contributed by atoms with Gasteiger partial charge in [0.25, 0.3) is 0 Å². The van der Waals surface area contributed by atoms with Gasteiger partial charge in [-0.15, -0.1) is 12.4 Å². The van der Waals surface area contributed by atoms with E-state index in [1.54, 1.807) is 4.57 Å². The predicted molar refractivity (Wildman–Crippen MR) is 131 cm³/mol. The van der Waals surface area contributed by atoms with Gasteiger partial charge in [-0.25, -0.2) is 4.79 Å². The highest BCUT2D eigenvalue weighted by Crippen LogP contribution is 2.28. The number of nitrogens with zero attached hydrogens (tertiary/aromatic N) is 4. The van der Waals surface area contributed by atoms with E-state index in [0.717, 1.165) is 37.5 Å². The molecule has 180 valence electrons. The molecule has 0 radical (unpaired) electrons. The first-order valence-electron chi connectivity index (χ1n) is 12.2. The third-order valence-corrected chi connectivity index (χ3v) is 6.95. The summed E-state index contributed by atoms with van der Waals surface area (Å²) in [4.78, 5) is 26.7. The number of H-pyrrole nitrogens is 1. The second-order valence-electron chi connectivity index (χ2n) is 9.43. The molecule has 9 heteroatoms. The van der Waals surface area contributed by atoms with Gasteiger partial charge in [-0.1, -0.05) is 26.2 Å². The fourth-order valence-corrected chi connectivity index (χ4v) is 5.26. The van der Waals surface area contributed by atoms with Crippen LogP contribution >= 0.6 is 12.4 Å². The Hall–Kier alpha value is -1.80. The Balaban J connectivity index is 0.00000289. The summed E-state index contributed by atoms with van der Waals surface area (Å²) >= 11 is 0. The minimum absolute atomic E-state index is 0. The summed E-state index contributed by atoms with van der Waals surface area (Å²) in [6.45, 7) is 7.05. The van der Waals surface area contributed by atoms with Gasteiger partial charge in [0.05, 0.1) is 6.61 Å². The number of unbranched alkanes of at least 4 members (excludes halogenated alkanes) is 1. The molecular formula is C23H39ClN6O2. The topological polar surface area (TPSA) is 102 Å². The number of ether oxygens (including phenoxy) is 1. The molecule has 1 atom stereocenters. The maximum absolute atomic E-state index is 12.5. The van der Waals surface area contributed by atoms with Crippen molar-refractivity contribution in [1.82, 2.24) is 24.4 Å². The Morgan fingerprint density at radius 1 is 1.12 bits per heavy atom. The van der Waals surface area contributed by atoms with Crippen molar-refractivity contribution in [1.29, 1.82) is 0 Å². The van der Waals surface area contributed by atoms with Gasteiger partial charge in [0.15, 0.2) is 11.5 Å². The van der Waals surface area contributed by atoms with E-state index in [1.165, 1.54) is 58.2 Å². The van der Waals surface area contributed by atoms with E-state index < -0.39 is 0 Å². The Bertz CT molecular complexity index is 908. The van der Waals surface area contributed by atoms with Gasteiger partial charge in [-0.3, -0.25) is 4.57 Å². The van der Waals surface area contributed by atoms with E-state index in [1.807, 2.05) is 0 Å². The molecule has 2 aromatic heterocycles. The molecule has 1 unspecified atom stereocenters. The minimum Gasteiger partial charge on any atom is -0.463 e. The number of piperidine rings is 1. The quantitative estimate of drug-likeness (QED) is 0.513. The van der Waals surface area contributed by atoms with E-state index in [9.17, 15) is 4.79 Å². The molecular weight excluding hydrogens is 428 g/mol. The van der Waals surface area contributed by atoms with Crippen molar-refractivity contribution >= 4 is 29.4 Å².